The summed E-state index contributed by atoms with van der Waals surface area (Å²) in [5.74, 6) is 0.972. The van der Waals surface area contributed by atoms with Crippen LogP contribution in [-0.4, -0.2) is 7.69 Å². The average molecular weight is 94.9 g/mol. The molecule has 1 rings (SSSR count). The molecule has 3 heteroatoms. The summed E-state index contributed by atoms with van der Waals surface area (Å²) in [6.07, 6.45) is 0. The maximum atomic E-state index is 4.62. The van der Waals surface area contributed by atoms with Gasteiger partial charge in [0.2, 0.25) is 0 Å². The molecule has 1 heterocycles. The standard InChI is InChI=1S/C4H4BO2/c1-3-4(2)7-5-6-3/h1-2H2. The fraction of sp³-hybridized carbons (Fsp3) is 0. The zero-order valence-corrected chi connectivity index (χ0v) is 3.81. The van der Waals surface area contributed by atoms with Gasteiger partial charge in [-0.25, -0.2) is 0 Å². The van der Waals surface area contributed by atoms with E-state index in [1.165, 1.54) is 7.69 Å². The van der Waals surface area contributed by atoms with Crippen molar-refractivity contribution in [1.82, 2.24) is 0 Å². The molecule has 1 fully saturated rings. The van der Waals surface area contributed by atoms with E-state index in [0.717, 1.165) is 0 Å². The second-order valence-corrected chi connectivity index (χ2v) is 1.18. The minimum absolute atomic E-state index is 0.486. The molecule has 0 N–H and O–H groups in total. The monoisotopic (exact) mass is 95.0 g/mol. The van der Waals surface area contributed by atoms with Crippen LogP contribution < -0.4 is 0 Å². The van der Waals surface area contributed by atoms with Crippen molar-refractivity contribution >= 4 is 7.69 Å². The Morgan fingerprint density at radius 2 is 1.57 bits per heavy atom. The Labute approximate surface area is 42.7 Å². The van der Waals surface area contributed by atoms with Crippen LogP contribution in [-0.2, 0) is 9.31 Å². The largest absolute Gasteiger partial charge is 0.658 e. The van der Waals surface area contributed by atoms with Gasteiger partial charge in [0.25, 0.3) is 0 Å². The van der Waals surface area contributed by atoms with Crippen molar-refractivity contribution in [3.8, 4) is 0 Å². The van der Waals surface area contributed by atoms with E-state index >= 15 is 0 Å². The van der Waals surface area contributed by atoms with Crippen LogP contribution in [0.15, 0.2) is 24.7 Å². The Kier molecular flexibility index (Phi) is 0.820. The fourth-order valence-corrected chi connectivity index (χ4v) is 0.272. The molecule has 0 aromatic heterocycles. The summed E-state index contributed by atoms with van der Waals surface area (Å²) in [5.41, 5.74) is 0. The van der Waals surface area contributed by atoms with E-state index in [0.29, 0.717) is 11.5 Å². The summed E-state index contributed by atoms with van der Waals surface area (Å²) < 4.78 is 9.25. The zero-order valence-electron chi connectivity index (χ0n) is 3.81. The molecular weight excluding hydrogens is 90.9 g/mol. The minimum Gasteiger partial charge on any atom is -0.524 e. The summed E-state index contributed by atoms with van der Waals surface area (Å²) >= 11 is 0. The fourth-order valence-electron chi connectivity index (χ4n) is 0.272. The van der Waals surface area contributed by atoms with Crippen molar-refractivity contribution in [1.29, 1.82) is 0 Å². The van der Waals surface area contributed by atoms with Gasteiger partial charge in [0.1, 0.15) is 11.5 Å². The molecule has 1 saturated heterocycles. The van der Waals surface area contributed by atoms with Crippen LogP contribution in [0.2, 0.25) is 0 Å². The molecule has 0 atom stereocenters. The van der Waals surface area contributed by atoms with Gasteiger partial charge in [-0.15, -0.1) is 0 Å². The molecule has 1 aliphatic rings. The minimum atomic E-state index is 0.486. The van der Waals surface area contributed by atoms with Gasteiger partial charge >= 0.3 is 7.69 Å². The smallest absolute Gasteiger partial charge is 0.524 e. The van der Waals surface area contributed by atoms with Gasteiger partial charge < -0.3 is 9.31 Å². The quantitative estimate of drug-likeness (QED) is 0.410. The van der Waals surface area contributed by atoms with Gasteiger partial charge in [0, 0.05) is 0 Å². The van der Waals surface area contributed by atoms with Crippen molar-refractivity contribution in [3.63, 3.8) is 0 Å². The molecule has 0 spiro atoms. The molecule has 35 valence electrons. The molecule has 0 bridgehead atoms. The third kappa shape index (κ3) is 0.608. The molecule has 0 saturated carbocycles. The zero-order chi connectivity index (χ0) is 5.28. The summed E-state index contributed by atoms with van der Waals surface area (Å²) in [7, 11) is 1.20. The molecule has 0 aromatic carbocycles. The van der Waals surface area contributed by atoms with Crippen molar-refractivity contribution in [2.24, 2.45) is 0 Å². The van der Waals surface area contributed by atoms with E-state index in [1.807, 2.05) is 0 Å². The van der Waals surface area contributed by atoms with E-state index in [9.17, 15) is 0 Å². The van der Waals surface area contributed by atoms with Crippen molar-refractivity contribution in [3.05, 3.63) is 24.7 Å². The highest BCUT2D eigenvalue weighted by Gasteiger charge is 2.14. The number of rotatable bonds is 0. The van der Waals surface area contributed by atoms with Crippen molar-refractivity contribution < 1.29 is 9.31 Å². The van der Waals surface area contributed by atoms with Crippen LogP contribution in [0.3, 0.4) is 0 Å². The first kappa shape index (κ1) is 4.31. The van der Waals surface area contributed by atoms with Crippen LogP contribution in [0.4, 0.5) is 0 Å². The van der Waals surface area contributed by atoms with Gasteiger partial charge in [0.15, 0.2) is 0 Å². The van der Waals surface area contributed by atoms with Crippen LogP contribution >= 0.6 is 0 Å². The van der Waals surface area contributed by atoms with Gasteiger partial charge in [-0.2, -0.15) is 0 Å². The lowest BCUT2D eigenvalue weighted by Gasteiger charge is -1.88. The summed E-state index contributed by atoms with van der Waals surface area (Å²) in [4.78, 5) is 0. The van der Waals surface area contributed by atoms with Crippen molar-refractivity contribution in [2.45, 2.75) is 0 Å². The third-order valence-electron chi connectivity index (χ3n) is 0.692. The normalized spacial score (nSPS) is 17.7. The van der Waals surface area contributed by atoms with E-state index in [4.69, 9.17) is 0 Å². The first-order valence-corrected chi connectivity index (χ1v) is 1.84. The lowest BCUT2D eigenvalue weighted by Crippen LogP contribution is -1.82. The highest BCUT2D eigenvalue weighted by Crippen LogP contribution is 2.13. The van der Waals surface area contributed by atoms with Gasteiger partial charge in [-0.05, 0) is 0 Å². The predicted octanol–water partition coefficient (Wildman–Crippen LogP) is 0.595. The molecule has 1 radical (unpaired) electrons. The van der Waals surface area contributed by atoms with E-state index < -0.39 is 0 Å². The van der Waals surface area contributed by atoms with Gasteiger partial charge in [-0.1, -0.05) is 13.2 Å². The Hall–Kier alpha value is -0.855. The maximum absolute atomic E-state index is 4.62. The van der Waals surface area contributed by atoms with Crippen LogP contribution in [0.5, 0.6) is 0 Å². The summed E-state index contributed by atoms with van der Waals surface area (Å²) in [6, 6.07) is 0. The van der Waals surface area contributed by atoms with E-state index in [2.05, 4.69) is 22.5 Å². The Bertz CT molecular complexity index is 105. The van der Waals surface area contributed by atoms with Crippen LogP contribution in [0, 0.1) is 0 Å². The number of hydrogen-bond acceptors (Lipinski definition) is 2. The van der Waals surface area contributed by atoms with E-state index in [-0.39, 0.29) is 0 Å². The summed E-state index contributed by atoms with van der Waals surface area (Å²) in [6.45, 7) is 6.91. The summed E-state index contributed by atoms with van der Waals surface area (Å²) in [5, 5.41) is 0. The van der Waals surface area contributed by atoms with Crippen molar-refractivity contribution in [2.75, 3.05) is 0 Å². The lowest BCUT2D eigenvalue weighted by molar-refractivity contribution is 0.452. The topological polar surface area (TPSA) is 18.5 Å². The van der Waals surface area contributed by atoms with Crippen LogP contribution in [0.25, 0.3) is 0 Å². The van der Waals surface area contributed by atoms with Gasteiger partial charge in [-0.3, -0.25) is 0 Å². The molecule has 0 aromatic rings. The lowest BCUT2D eigenvalue weighted by atomic mass is 10.4. The Morgan fingerprint density at radius 1 is 1.14 bits per heavy atom. The Morgan fingerprint density at radius 3 is 1.71 bits per heavy atom. The van der Waals surface area contributed by atoms with Gasteiger partial charge in [0.05, 0.1) is 0 Å². The second-order valence-electron chi connectivity index (χ2n) is 1.18. The molecule has 2 nitrogen and oxygen atoms in total. The molecule has 0 aliphatic carbocycles. The third-order valence-corrected chi connectivity index (χ3v) is 0.692. The highest BCUT2D eigenvalue weighted by atomic mass is 16.6. The first-order chi connectivity index (χ1) is 3.30. The highest BCUT2D eigenvalue weighted by molar-refractivity contribution is 6.20. The Balaban J connectivity index is 2.65. The first-order valence-electron chi connectivity index (χ1n) is 1.84. The molecule has 1 aliphatic heterocycles. The molecule has 0 amide bonds. The van der Waals surface area contributed by atoms with Crippen LogP contribution in [0.1, 0.15) is 0 Å². The molecule has 7 heavy (non-hydrogen) atoms. The molecule has 0 unspecified atom stereocenters. The number of hydrogen-bond donors (Lipinski definition) is 0. The molecular formula is C4H4BO2. The SMILES string of the molecule is C=C1O[B]OC1=C. The van der Waals surface area contributed by atoms with E-state index in [1.54, 1.807) is 0 Å². The predicted molar refractivity (Wildman–Crippen MR) is 26.2 cm³/mol. The second kappa shape index (κ2) is 1.33. The average Bonchev–Trinajstić information content (AvgIpc) is 1.91. The maximum Gasteiger partial charge on any atom is 0.658 e.